The van der Waals surface area contributed by atoms with Gasteiger partial charge in [0.15, 0.2) is 0 Å². The van der Waals surface area contributed by atoms with Crippen LogP contribution in [0.5, 0.6) is 0 Å². The van der Waals surface area contributed by atoms with Crippen molar-refractivity contribution in [3.8, 4) is 0 Å². The monoisotopic (exact) mass is 216 g/mol. The molecule has 0 spiro atoms. The van der Waals surface area contributed by atoms with Gasteiger partial charge in [-0.05, 0) is 20.3 Å². The summed E-state index contributed by atoms with van der Waals surface area (Å²) < 4.78 is 0. The van der Waals surface area contributed by atoms with E-state index >= 15 is 0 Å². The molecule has 88 valence electrons. The first-order valence-electron chi connectivity index (χ1n) is 4.98. The number of nitrogens with zero attached hydrogens (tertiary/aromatic N) is 1. The average molecular weight is 216 g/mol. The van der Waals surface area contributed by atoms with Gasteiger partial charge in [-0.3, -0.25) is 9.59 Å². The third-order valence-corrected chi connectivity index (χ3v) is 2.32. The topological polar surface area (TPSA) is 83.6 Å². The number of carboxylic acid groups (broad SMARTS) is 1. The second kappa shape index (κ2) is 5.70. The molecule has 0 bridgehead atoms. The number of aliphatic carboxylic acids is 1. The Hall–Kier alpha value is -1.10. The van der Waals surface area contributed by atoms with Gasteiger partial charge in [-0.25, -0.2) is 0 Å². The zero-order valence-corrected chi connectivity index (χ0v) is 9.62. The predicted octanol–water partition coefficient (Wildman–Crippen LogP) is 0.295. The number of hydrogen-bond donors (Lipinski definition) is 2. The zero-order chi connectivity index (χ0) is 12.1. The lowest BCUT2D eigenvalue weighted by Crippen LogP contribution is -2.43. The fraction of sp³-hybridized carbons (Fsp3) is 0.800. The summed E-state index contributed by atoms with van der Waals surface area (Å²) in [6, 6.07) is 0. The van der Waals surface area contributed by atoms with Crippen LogP contribution in [-0.2, 0) is 9.59 Å². The fourth-order valence-corrected chi connectivity index (χ4v) is 1.17. The third-order valence-electron chi connectivity index (χ3n) is 2.32. The molecule has 5 nitrogen and oxygen atoms in total. The van der Waals surface area contributed by atoms with Crippen LogP contribution < -0.4 is 5.73 Å². The molecule has 0 saturated heterocycles. The van der Waals surface area contributed by atoms with E-state index in [1.54, 1.807) is 20.9 Å². The largest absolute Gasteiger partial charge is 0.481 e. The molecule has 0 aromatic rings. The molecule has 0 atom stereocenters. The van der Waals surface area contributed by atoms with Crippen molar-refractivity contribution in [1.29, 1.82) is 0 Å². The van der Waals surface area contributed by atoms with Crippen LogP contribution in [0.4, 0.5) is 0 Å². The highest BCUT2D eigenvalue weighted by molar-refractivity contribution is 5.82. The summed E-state index contributed by atoms with van der Waals surface area (Å²) in [5.74, 6) is -0.885. The molecular weight excluding hydrogens is 196 g/mol. The second-order valence-electron chi connectivity index (χ2n) is 4.31. The Morgan fingerprint density at radius 1 is 1.40 bits per heavy atom. The minimum Gasteiger partial charge on any atom is -0.481 e. The van der Waals surface area contributed by atoms with Crippen molar-refractivity contribution in [2.24, 2.45) is 11.1 Å². The summed E-state index contributed by atoms with van der Waals surface area (Å²) in [6.07, 6.45) is 0.554. The zero-order valence-electron chi connectivity index (χ0n) is 9.62. The molecule has 0 aromatic heterocycles. The molecule has 0 aliphatic heterocycles. The van der Waals surface area contributed by atoms with Crippen LogP contribution >= 0.6 is 0 Å². The summed E-state index contributed by atoms with van der Waals surface area (Å²) in [4.78, 5) is 23.6. The Bertz CT molecular complexity index is 239. The van der Waals surface area contributed by atoms with Gasteiger partial charge in [0.05, 0.1) is 5.41 Å². The van der Waals surface area contributed by atoms with Gasteiger partial charge in [-0.15, -0.1) is 0 Å². The molecule has 0 aromatic carbocycles. The molecule has 0 aliphatic carbocycles. The predicted molar refractivity (Wildman–Crippen MR) is 57.3 cm³/mol. The molecule has 0 unspecified atom stereocenters. The summed E-state index contributed by atoms with van der Waals surface area (Å²) >= 11 is 0. The van der Waals surface area contributed by atoms with Crippen molar-refractivity contribution in [2.45, 2.75) is 26.7 Å². The Balaban J connectivity index is 4.05. The van der Waals surface area contributed by atoms with Crippen LogP contribution in [0.15, 0.2) is 0 Å². The van der Waals surface area contributed by atoms with Crippen molar-refractivity contribution in [3.63, 3.8) is 0 Å². The van der Waals surface area contributed by atoms with Crippen LogP contribution in [0.25, 0.3) is 0 Å². The van der Waals surface area contributed by atoms with Gasteiger partial charge in [0.2, 0.25) is 5.91 Å². The molecule has 1 amide bonds. The highest BCUT2D eigenvalue weighted by Crippen LogP contribution is 2.16. The number of nitrogens with two attached hydrogens (primary N) is 1. The van der Waals surface area contributed by atoms with Gasteiger partial charge < -0.3 is 15.7 Å². The van der Waals surface area contributed by atoms with Crippen LogP contribution in [0.3, 0.4) is 0 Å². The summed E-state index contributed by atoms with van der Waals surface area (Å²) in [5.41, 5.74) is 4.91. The Labute approximate surface area is 90.2 Å². The van der Waals surface area contributed by atoms with Gasteiger partial charge in [0.1, 0.15) is 0 Å². The third kappa shape index (κ3) is 4.78. The molecule has 0 radical (unpaired) electrons. The molecule has 0 rings (SSSR count). The van der Waals surface area contributed by atoms with E-state index in [1.165, 1.54) is 4.90 Å². The van der Waals surface area contributed by atoms with Gasteiger partial charge in [0.25, 0.3) is 0 Å². The van der Waals surface area contributed by atoms with Crippen LogP contribution in [-0.4, -0.2) is 42.0 Å². The summed E-state index contributed by atoms with van der Waals surface area (Å²) in [6.45, 7) is 4.30. The summed E-state index contributed by atoms with van der Waals surface area (Å²) in [5, 5.41) is 8.45. The summed E-state index contributed by atoms with van der Waals surface area (Å²) in [7, 11) is 1.67. The number of carboxylic acids is 1. The number of hydrogen-bond acceptors (Lipinski definition) is 3. The normalized spacial score (nSPS) is 11.2. The van der Waals surface area contributed by atoms with Crippen molar-refractivity contribution >= 4 is 11.9 Å². The average Bonchev–Trinajstić information content (AvgIpc) is 2.15. The van der Waals surface area contributed by atoms with Crippen LogP contribution in [0.2, 0.25) is 0 Å². The molecule has 3 N–H and O–H groups in total. The maximum Gasteiger partial charge on any atom is 0.303 e. The van der Waals surface area contributed by atoms with E-state index < -0.39 is 11.4 Å². The number of carbonyl (C=O) groups excluding carboxylic acids is 1. The molecular formula is C10H20N2O3. The molecule has 0 saturated carbocycles. The highest BCUT2D eigenvalue weighted by atomic mass is 16.4. The molecule has 5 heteroatoms. The maximum atomic E-state index is 11.8. The first kappa shape index (κ1) is 13.9. The van der Waals surface area contributed by atoms with E-state index in [0.29, 0.717) is 13.0 Å². The van der Waals surface area contributed by atoms with Crippen molar-refractivity contribution < 1.29 is 14.7 Å². The number of rotatable bonds is 6. The first-order valence-corrected chi connectivity index (χ1v) is 4.98. The van der Waals surface area contributed by atoms with Gasteiger partial charge in [0, 0.05) is 26.6 Å². The van der Waals surface area contributed by atoms with E-state index in [1.807, 2.05) is 0 Å². The minimum atomic E-state index is -0.839. The van der Waals surface area contributed by atoms with E-state index in [0.717, 1.165) is 0 Å². The van der Waals surface area contributed by atoms with Crippen molar-refractivity contribution in [1.82, 2.24) is 4.90 Å². The van der Waals surface area contributed by atoms with E-state index in [2.05, 4.69) is 0 Å². The lowest BCUT2D eigenvalue weighted by atomic mass is 9.92. The molecule has 0 aliphatic rings. The Morgan fingerprint density at radius 3 is 2.33 bits per heavy atom. The number of carbonyl (C=O) groups is 2. The highest BCUT2D eigenvalue weighted by Gasteiger charge is 2.28. The van der Waals surface area contributed by atoms with Crippen molar-refractivity contribution in [2.75, 3.05) is 20.1 Å². The molecule has 0 fully saturated rings. The lowest BCUT2D eigenvalue weighted by Gasteiger charge is -2.27. The van der Waals surface area contributed by atoms with Crippen molar-refractivity contribution in [3.05, 3.63) is 0 Å². The SMILES string of the molecule is CN(CCCC(=O)O)C(=O)C(C)(C)CN. The minimum absolute atomic E-state index is 0.0459. The van der Waals surface area contributed by atoms with E-state index in [-0.39, 0.29) is 18.9 Å². The standard InChI is InChI=1S/C10H20N2O3/c1-10(2,7-11)9(15)12(3)6-4-5-8(13)14/h4-7,11H2,1-3H3,(H,13,14). The quantitative estimate of drug-likeness (QED) is 0.668. The fourth-order valence-electron chi connectivity index (χ4n) is 1.17. The van der Waals surface area contributed by atoms with Crippen LogP contribution in [0, 0.1) is 5.41 Å². The smallest absolute Gasteiger partial charge is 0.303 e. The Morgan fingerprint density at radius 2 is 1.93 bits per heavy atom. The Kier molecular flexibility index (Phi) is 5.28. The molecule has 0 heterocycles. The molecule has 15 heavy (non-hydrogen) atoms. The maximum absolute atomic E-state index is 11.8. The number of amides is 1. The van der Waals surface area contributed by atoms with Gasteiger partial charge in [-0.1, -0.05) is 0 Å². The van der Waals surface area contributed by atoms with Crippen LogP contribution in [0.1, 0.15) is 26.7 Å². The van der Waals surface area contributed by atoms with Gasteiger partial charge in [-0.2, -0.15) is 0 Å². The van der Waals surface area contributed by atoms with Gasteiger partial charge >= 0.3 is 5.97 Å². The lowest BCUT2D eigenvalue weighted by molar-refractivity contribution is -0.140. The van der Waals surface area contributed by atoms with E-state index in [9.17, 15) is 9.59 Å². The van der Waals surface area contributed by atoms with E-state index in [4.69, 9.17) is 10.8 Å². The first-order chi connectivity index (χ1) is 6.81. The second-order valence-corrected chi connectivity index (χ2v) is 4.31.